The van der Waals surface area contributed by atoms with Gasteiger partial charge in [0, 0.05) is 29.3 Å². The highest BCUT2D eigenvalue weighted by Crippen LogP contribution is 2.17. The largest absolute Gasteiger partial charge is 0.355 e. The monoisotopic (exact) mass is 402 g/mol. The summed E-state index contributed by atoms with van der Waals surface area (Å²) in [6.07, 6.45) is 0.190. The van der Waals surface area contributed by atoms with Crippen LogP contribution in [0, 0.1) is 17.2 Å². The van der Waals surface area contributed by atoms with Gasteiger partial charge in [-0.3, -0.25) is 9.59 Å². The van der Waals surface area contributed by atoms with Crippen molar-refractivity contribution >= 4 is 40.0 Å². The summed E-state index contributed by atoms with van der Waals surface area (Å²) in [5.41, 5.74) is 2.35. The Morgan fingerprint density at radius 3 is 2.85 bits per heavy atom. The molecule has 0 saturated carbocycles. The average Bonchev–Trinajstić information content (AvgIpc) is 3.08. The molecule has 0 unspecified atom stereocenters. The van der Waals surface area contributed by atoms with Crippen LogP contribution in [0.15, 0.2) is 29.6 Å². The SMILES string of the molecule is CC(C)C(=O)Nc1nc(CC(=O)NCCSCc2ccccc2C#N)cs1. The number of carbonyl (C=O) groups is 2. The van der Waals surface area contributed by atoms with E-state index in [1.807, 2.05) is 38.1 Å². The highest BCUT2D eigenvalue weighted by Gasteiger charge is 2.11. The van der Waals surface area contributed by atoms with Crippen LogP contribution in [0.1, 0.15) is 30.7 Å². The summed E-state index contributed by atoms with van der Waals surface area (Å²) in [5.74, 6) is 1.21. The molecule has 0 radical (unpaired) electrons. The molecule has 27 heavy (non-hydrogen) atoms. The Morgan fingerprint density at radius 1 is 1.33 bits per heavy atom. The van der Waals surface area contributed by atoms with Gasteiger partial charge in [-0.1, -0.05) is 32.0 Å². The number of thioether (sulfide) groups is 1. The summed E-state index contributed by atoms with van der Waals surface area (Å²) < 4.78 is 0. The molecule has 1 aromatic carbocycles. The zero-order valence-corrected chi connectivity index (χ0v) is 17.0. The third-order valence-electron chi connectivity index (χ3n) is 3.61. The van der Waals surface area contributed by atoms with Crippen LogP contribution < -0.4 is 10.6 Å². The van der Waals surface area contributed by atoms with E-state index in [-0.39, 0.29) is 24.2 Å². The molecule has 142 valence electrons. The summed E-state index contributed by atoms with van der Waals surface area (Å²) in [4.78, 5) is 27.9. The topological polar surface area (TPSA) is 94.9 Å². The number of hydrogen-bond acceptors (Lipinski definition) is 6. The van der Waals surface area contributed by atoms with Gasteiger partial charge in [-0.2, -0.15) is 17.0 Å². The van der Waals surface area contributed by atoms with Gasteiger partial charge in [-0.25, -0.2) is 4.98 Å². The fourth-order valence-corrected chi connectivity index (χ4v) is 3.70. The molecule has 2 aromatic rings. The van der Waals surface area contributed by atoms with Crippen LogP contribution in [0.4, 0.5) is 5.13 Å². The van der Waals surface area contributed by atoms with E-state index in [9.17, 15) is 9.59 Å². The number of carbonyl (C=O) groups excluding carboxylic acids is 2. The molecule has 0 aliphatic heterocycles. The molecule has 0 spiro atoms. The lowest BCUT2D eigenvalue weighted by atomic mass is 10.1. The van der Waals surface area contributed by atoms with Crippen molar-refractivity contribution in [3.05, 3.63) is 46.5 Å². The van der Waals surface area contributed by atoms with Crippen molar-refractivity contribution in [2.45, 2.75) is 26.0 Å². The second-order valence-electron chi connectivity index (χ2n) is 6.14. The number of hydrogen-bond donors (Lipinski definition) is 2. The third kappa shape index (κ3) is 7.04. The first kappa shape index (κ1) is 20.9. The summed E-state index contributed by atoms with van der Waals surface area (Å²) in [7, 11) is 0. The van der Waals surface area contributed by atoms with Crippen molar-refractivity contribution in [2.24, 2.45) is 5.92 Å². The van der Waals surface area contributed by atoms with Gasteiger partial charge in [-0.15, -0.1) is 11.3 Å². The number of anilines is 1. The molecule has 1 heterocycles. The number of aromatic nitrogens is 1. The molecule has 0 fully saturated rings. The maximum absolute atomic E-state index is 12.0. The number of nitriles is 1. The quantitative estimate of drug-likeness (QED) is 0.628. The third-order valence-corrected chi connectivity index (χ3v) is 5.43. The predicted molar refractivity (Wildman–Crippen MR) is 110 cm³/mol. The fraction of sp³-hybridized carbons (Fsp3) is 0.368. The molecule has 2 amide bonds. The smallest absolute Gasteiger partial charge is 0.228 e. The van der Waals surface area contributed by atoms with Crippen molar-refractivity contribution in [3.8, 4) is 6.07 Å². The van der Waals surface area contributed by atoms with Crippen LogP contribution in [0.3, 0.4) is 0 Å². The molecule has 2 N–H and O–H groups in total. The van der Waals surface area contributed by atoms with Crippen molar-refractivity contribution in [1.29, 1.82) is 5.26 Å². The molecule has 0 aliphatic rings. The highest BCUT2D eigenvalue weighted by molar-refractivity contribution is 7.98. The maximum atomic E-state index is 12.0. The zero-order chi connectivity index (χ0) is 19.6. The summed E-state index contributed by atoms with van der Waals surface area (Å²) >= 11 is 2.99. The first-order valence-electron chi connectivity index (χ1n) is 8.57. The fourth-order valence-electron chi connectivity index (χ4n) is 2.12. The lowest BCUT2D eigenvalue weighted by Gasteiger charge is -2.06. The van der Waals surface area contributed by atoms with E-state index in [2.05, 4.69) is 21.7 Å². The number of nitrogens with zero attached hydrogens (tertiary/aromatic N) is 2. The van der Waals surface area contributed by atoms with Crippen LogP contribution in [0.2, 0.25) is 0 Å². The lowest BCUT2D eigenvalue weighted by molar-refractivity contribution is -0.120. The van der Waals surface area contributed by atoms with E-state index in [0.717, 1.165) is 17.1 Å². The van der Waals surface area contributed by atoms with E-state index in [4.69, 9.17) is 5.26 Å². The van der Waals surface area contributed by atoms with Gasteiger partial charge >= 0.3 is 0 Å². The Hall–Kier alpha value is -2.37. The molecule has 1 aromatic heterocycles. The minimum absolute atomic E-state index is 0.0876. The predicted octanol–water partition coefficient (Wildman–Crippen LogP) is 3.20. The molecule has 0 bridgehead atoms. The molecule has 0 saturated heterocycles. The Balaban J connectivity index is 1.67. The first-order valence-corrected chi connectivity index (χ1v) is 10.6. The molecule has 8 heteroatoms. The van der Waals surface area contributed by atoms with Gasteiger partial charge in [-0.05, 0) is 11.6 Å². The number of amides is 2. The van der Waals surface area contributed by atoms with E-state index in [1.54, 1.807) is 17.1 Å². The Labute approximate surface area is 167 Å². The minimum Gasteiger partial charge on any atom is -0.355 e. The van der Waals surface area contributed by atoms with Gasteiger partial charge < -0.3 is 10.6 Å². The van der Waals surface area contributed by atoms with E-state index in [0.29, 0.717) is 22.9 Å². The number of rotatable bonds is 9. The normalized spacial score (nSPS) is 10.4. The Morgan fingerprint density at radius 2 is 2.11 bits per heavy atom. The number of benzene rings is 1. The summed E-state index contributed by atoms with van der Waals surface area (Å²) in [6, 6.07) is 9.71. The molecule has 0 aliphatic carbocycles. The first-order chi connectivity index (χ1) is 13.0. The van der Waals surface area contributed by atoms with Crippen LogP contribution in [0.5, 0.6) is 0 Å². The van der Waals surface area contributed by atoms with Crippen molar-refractivity contribution in [2.75, 3.05) is 17.6 Å². The molecular weight excluding hydrogens is 380 g/mol. The van der Waals surface area contributed by atoms with Crippen LogP contribution in [0.25, 0.3) is 0 Å². The molecular formula is C19H22N4O2S2. The molecule has 0 atom stereocenters. The van der Waals surface area contributed by atoms with Crippen molar-refractivity contribution < 1.29 is 9.59 Å². The Bertz CT molecular complexity index is 827. The minimum atomic E-state index is -0.113. The zero-order valence-electron chi connectivity index (χ0n) is 15.3. The van der Waals surface area contributed by atoms with Gasteiger partial charge in [0.2, 0.25) is 11.8 Å². The van der Waals surface area contributed by atoms with Crippen molar-refractivity contribution in [1.82, 2.24) is 10.3 Å². The lowest BCUT2D eigenvalue weighted by Crippen LogP contribution is -2.27. The van der Waals surface area contributed by atoms with E-state index < -0.39 is 0 Å². The van der Waals surface area contributed by atoms with Gasteiger partial charge in [0.1, 0.15) is 0 Å². The van der Waals surface area contributed by atoms with Gasteiger partial charge in [0.05, 0.1) is 23.7 Å². The second-order valence-corrected chi connectivity index (χ2v) is 8.10. The van der Waals surface area contributed by atoms with Gasteiger partial charge in [0.15, 0.2) is 5.13 Å². The van der Waals surface area contributed by atoms with Crippen LogP contribution in [-0.2, 0) is 21.8 Å². The van der Waals surface area contributed by atoms with E-state index in [1.165, 1.54) is 11.3 Å². The maximum Gasteiger partial charge on any atom is 0.228 e. The number of nitrogens with one attached hydrogen (secondary N) is 2. The van der Waals surface area contributed by atoms with Crippen molar-refractivity contribution in [3.63, 3.8) is 0 Å². The standard InChI is InChI=1S/C19H22N4O2S2/c1-13(2)18(25)23-19-22-16(12-27-19)9-17(24)21-7-8-26-11-15-6-4-3-5-14(15)10-20/h3-6,12-13H,7-9,11H2,1-2H3,(H,21,24)(H,22,23,25). The summed E-state index contributed by atoms with van der Waals surface area (Å²) in [6.45, 7) is 4.18. The highest BCUT2D eigenvalue weighted by atomic mass is 32.2. The average molecular weight is 403 g/mol. The molecule has 6 nitrogen and oxygen atoms in total. The van der Waals surface area contributed by atoms with Crippen LogP contribution in [-0.4, -0.2) is 29.1 Å². The van der Waals surface area contributed by atoms with E-state index >= 15 is 0 Å². The van der Waals surface area contributed by atoms with Crippen LogP contribution >= 0.6 is 23.1 Å². The molecule has 2 rings (SSSR count). The summed E-state index contributed by atoms with van der Waals surface area (Å²) in [5, 5.41) is 17.0. The van der Waals surface area contributed by atoms with Gasteiger partial charge in [0.25, 0.3) is 0 Å². The second kappa shape index (κ2) is 10.7. The number of thiazole rings is 1. The Kier molecular flexibility index (Phi) is 8.30.